The van der Waals surface area contributed by atoms with Gasteiger partial charge in [-0.1, -0.05) is 30.3 Å². The molecule has 0 heterocycles. The second kappa shape index (κ2) is 7.41. The van der Waals surface area contributed by atoms with Gasteiger partial charge in [0.1, 0.15) is 0 Å². The van der Waals surface area contributed by atoms with E-state index in [9.17, 15) is 13.0 Å². The molecular weight excluding hydrogens is 336 g/mol. The van der Waals surface area contributed by atoms with E-state index in [0.717, 1.165) is 0 Å². The average Bonchev–Trinajstić information content (AvgIpc) is 2.36. The van der Waals surface area contributed by atoms with Crippen LogP contribution in [0.15, 0.2) is 30.3 Å². The lowest BCUT2D eigenvalue weighted by Crippen LogP contribution is -2.63. The Morgan fingerprint density at radius 2 is 1.43 bits per heavy atom. The van der Waals surface area contributed by atoms with Crippen molar-refractivity contribution in [2.75, 3.05) is 0 Å². The number of benzene rings is 1. The molecule has 0 saturated heterocycles. The Balaban J connectivity index is 3.44. The van der Waals surface area contributed by atoms with Crippen LogP contribution in [0.4, 0.5) is 0 Å². The fourth-order valence-corrected chi connectivity index (χ4v) is 5.69. The van der Waals surface area contributed by atoms with E-state index in [0.29, 0.717) is 5.19 Å². The minimum absolute atomic E-state index is 0.252. The Bertz CT molecular complexity index is 588. The first-order chi connectivity index (χ1) is 10.4. The van der Waals surface area contributed by atoms with Crippen LogP contribution in [0.2, 0.25) is 0 Å². The third-order valence-corrected chi connectivity index (χ3v) is 7.77. The van der Waals surface area contributed by atoms with Gasteiger partial charge in [-0.15, -0.1) is 0 Å². The van der Waals surface area contributed by atoms with Crippen LogP contribution in [0.3, 0.4) is 0 Å². The van der Waals surface area contributed by atoms with E-state index >= 15 is 0 Å². The number of hydrogen-bond acceptors (Lipinski definition) is 5. The lowest BCUT2D eigenvalue weighted by atomic mass is 10.4. The maximum absolute atomic E-state index is 11.7. The predicted molar refractivity (Wildman–Crippen MR) is 91.0 cm³/mol. The Labute approximate surface area is 139 Å². The van der Waals surface area contributed by atoms with Crippen LogP contribution in [0, 0.1) is 0 Å². The first-order valence-corrected chi connectivity index (χ1v) is 10.6. The summed E-state index contributed by atoms with van der Waals surface area (Å²) in [6.07, 6.45) is -0.504. The molecule has 1 aromatic rings. The van der Waals surface area contributed by atoms with Gasteiger partial charge in [0.25, 0.3) is 10.1 Å². The van der Waals surface area contributed by atoms with E-state index in [-0.39, 0.29) is 12.2 Å². The number of rotatable bonds is 8. The highest BCUT2D eigenvalue weighted by Gasteiger charge is 2.53. The Morgan fingerprint density at radius 3 is 1.78 bits per heavy atom. The van der Waals surface area contributed by atoms with Gasteiger partial charge in [-0.25, -0.2) is 0 Å². The number of hydrogen-bond donors (Lipinski definition) is 1. The average molecular weight is 363 g/mol. The Hall–Kier alpha value is -0.773. The van der Waals surface area contributed by atoms with Crippen molar-refractivity contribution in [3.63, 3.8) is 0 Å². The largest absolute Gasteiger partial charge is 0.538 e. The molecule has 0 aromatic heterocycles. The summed E-state index contributed by atoms with van der Waals surface area (Å²) in [6, 6.07) is 8.98. The normalized spacial score (nSPS) is 13.8. The molecule has 0 bridgehead atoms. The maximum atomic E-state index is 11.7. The first kappa shape index (κ1) is 20.3. The summed E-state index contributed by atoms with van der Waals surface area (Å²) >= 11 is 0. The van der Waals surface area contributed by atoms with Gasteiger partial charge in [-0.2, -0.15) is 8.42 Å². The summed E-state index contributed by atoms with van der Waals surface area (Å²) in [5.74, 6) is 0. The van der Waals surface area contributed by atoms with Crippen molar-refractivity contribution in [1.82, 2.24) is 0 Å². The van der Waals surface area contributed by atoms with Crippen molar-refractivity contribution >= 4 is 24.1 Å². The Morgan fingerprint density at radius 1 is 1.00 bits per heavy atom. The molecule has 1 aromatic carbocycles. The molecule has 0 aliphatic carbocycles. The SMILES string of the molecule is CC(C)O[Si](OC(C)C)(OC(C)(C)S(=O)(=O)O)c1ccccc1. The van der Waals surface area contributed by atoms with Crippen molar-refractivity contribution < 1.29 is 26.2 Å². The van der Waals surface area contributed by atoms with E-state index in [1.54, 1.807) is 24.3 Å². The zero-order valence-corrected chi connectivity index (χ0v) is 16.3. The third-order valence-electron chi connectivity index (χ3n) is 2.91. The van der Waals surface area contributed by atoms with Gasteiger partial charge in [-0.3, -0.25) is 4.55 Å². The van der Waals surface area contributed by atoms with E-state index < -0.39 is 23.9 Å². The van der Waals surface area contributed by atoms with Gasteiger partial charge in [0.05, 0.1) is 0 Å². The molecule has 0 radical (unpaired) electrons. The van der Waals surface area contributed by atoms with Crippen molar-refractivity contribution in [3.8, 4) is 0 Å². The van der Waals surface area contributed by atoms with Crippen LogP contribution in [0.25, 0.3) is 0 Å². The van der Waals surface area contributed by atoms with Crippen LogP contribution < -0.4 is 5.19 Å². The molecule has 23 heavy (non-hydrogen) atoms. The smallest absolute Gasteiger partial charge is 0.367 e. The summed E-state index contributed by atoms with van der Waals surface area (Å²) in [4.78, 5) is -1.86. The minimum Gasteiger partial charge on any atom is -0.367 e. The Kier molecular flexibility index (Phi) is 6.53. The molecular formula is C15H26O6SSi. The van der Waals surface area contributed by atoms with Gasteiger partial charge in [-0.05, 0) is 41.5 Å². The van der Waals surface area contributed by atoms with Crippen molar-refractivity contribution in [3.05, 3.63) is 30.3 Å². The molecule has 132 valence electrons. The van der Waals surface area contributed by atoms with E-state index in [1.165, 1.54) is 13.8 Å². The zero-order chi connectivity index (χ0) is 17.9. The van der Waals surface area contributed by atoms with Gasteiger partial charge >= 0.3 is 8.80 Å². The highest BCUT2D eigenvalue weighted by atomic mass is 32.2. The molecule has 0 unspecified atom stereocenters. The second-order valence-corrected chi connectivity index (χ2v) is 10.5. The fourth-order valence-electron chi connectivity index (χ4n) is 1.91. The van der Waals surface area contributed by atoms with E-state index in [2.05, 4.69) is 0 Å². The van der Waals surface area contributed by atoms with Crippen LogP contribution in [0.1, 0.15) is 41.5 Å². The highest BCUT2D eigenvalue weighted by Crippen LogP contribution is 2.26. The summed E-state index contributed by atoms with van der Waals surface area (Å²) in [5.41, 5.74) is 0. The van der Waals surface area contributed by atoms with Crippen molar-refractivity contribution in [2.24, 2.45) is 0 Å². The molecule has 0 atom stereocenters. The molecule has 1 N–H and O–H groups in total. The van der Waals surface area contributed by atoms with Crippen LogP contribution >= 0.6 is 0 Å². The molecule has 6 nitrogen and oxygen atoms in total. The maximum Gasteiger partial charge on any atom is 0.538 e. The third kappa shape index (κ3) is 5.37. The lowest BCUT2D eigenvalue weighted by molar-refractivity contribution is 0.0000473. The molecule has 0 aliphatic rings. The lowest BCUT2D eigenvalue weighted by Gasteiger charge is -2.38. The van der Waals surface area contributed by atoms with Gasteiger partial charge in [0.2, 0.25) is 0 Å². The van der Waals surface area contributed by atoms with E-state index in [1.807, 2.05) is 33.8 Å². The van der Waals surface area contributed by atoms with Crippen LogP contribution in [0.5, 0.6) is 0 Å². The van der Waals surface area contributed by atoms with Crippen LogP contribution in [-0.2, 0) is 23.4 Å². The zero-order valence-electron chi connectivity index (χ0n) is 14.4. The van der Waals surface area contributed by atoms with Crippen LogP contribution in [-0.4, -0.2) is 38.9 Å². The molecule has 0 saturated carbocycles. The molecule has 0 amide bonds. The standard InChI is InChI=1S/C15H26O6SSi/c1-12(2)19-23(20-13(3)4,14-10-8-7-9-11-14)21-15(5,6)22(16,17)18/h7-13H,1-6H3,(H,16,17,18). The summed E-state index contributed by atoms with van der Waals surface area (Å²) < 4.78 is 50.7. The summed E-state index contributed by atoms with van der Waals surface area (Å²) in [6.45, 7) is 9.83. The van der Waals surface area contributed by atoms with E-state index in [4.69, 9.17) is 13.3 Å². The minimum atomic E-state index is -4.46. The topological polar surface area (TPSA) is 82.1 Å². The summed E-state index contributed by atoms with van der Waals surface area (Å²) in [5, 5.41) is 0.638. The monoisotopic (exact) mass is 362 g/mol. The van der Waals surface area contributed by atoms with Gasteiger partial charge in [0.15, 0.2) is 4.93 Å². The second-order valence-electron chi connectivity index (χ2n) is 6.23. The highest BCUT2D eigenvalue weighted by molar-refractivity contribution is 7.87. The molecule has 0 spiro atoms. The fraction of sp³-hybridized carbons (Fsp3) is 0.600. The molecule has 8 heteroatoms. The molecule has 0 aliphatic heterocycles. The van der Waals surface area contributed by atoms with Crippen molar-refractivity contribution in [2.45, 2.75) is 58.7 Å². The van der Waals surface area contributed by atoms with Gasteiger partial charge in [0, 0.05) is 17.4 Å². The summed E-state index contributed by atoms with van der Waals surface area (Å²) in [7, 11) is -8.04. The van der Waals surface area contributed by atoms with Crippen molar-refractivity contribution in [1.29, 1.82) is 0 Å². The quantitative estimate of drug-likeness (QED) is 0.564. The first-order valence-electron chi connectivity index (χ1n) is 7.48. The molecule has 0 fully saturated rings. The predicted octanol–water partition coefficient (Wildman–Crippen LogP) is 2.32. The van der Waals surface area contributed by atoms with Gasteiger partial charge < -0.3 is 13.3 Å². The molecule has 1 rings (SSSR count).